The molecule has 0 fully saturated rings. The van der Waals surface area contributed by atoms with E-state index in [1.807, 2.05) is 91.0 Å². The predicted octanol–water partition coefficient (Wildman–Crippen LogP) is 4.84. The Morgan fingerprint density at radius 3 is 2.40 bits per heavy atom. The Hall–Kier alpha value is -3.47. The molecule has 0 bridgehead atoms. The lowest BCUT2D eigenvalue weighted by molar-refractivity contribution is -0.0381. The molecular formula is C26H23NO3. The first-order valence-electron chi connectivity index (χ1n) is 9.87. The third-order valence-corrected chi connectivity index (χ3v) is 4.84. The molecule has 0 aliphatic rings. The Morgan fingerprint density at radius 1 is 0.800 bits per heavy atom. The number of hydrogen-bond acceptors (Lipinski definition) is 4. The number of ether oxygens (including phenoxy) is 1. The molecular weight excluding hydrogens is 374 g/mol. The van der Waals surface area contributed by atoms with Crippen molar-refractivity contribution in [3.63, 3.8) is 0 Å². The van der Waals surface area contributed by atoms with Gasteiger partial charge in [0.05, 0.1) is 11.2 Å². The van der Waals surface area contributed by atoms with Crippen LogP contribution in [-0.4, -0.2) is 21.5 Å². The van der Waals surface area contributed by atoms with Crippen LogP contribution in [0.5, 0.6) is 5.75 Å². The van der Waals surface area contributed by atoms with Crippen molar-refractivity contribution in [1.82, 2.24) is 4.98 Å². The monoisotopic (exact) mass is 397 g/mol. The second kappa shape index (κ2) is 9.35. The molecule has 4 heteroatoms. The molecule has 0 spiro atoms. The fourth-order valence-corrected chi connectivity index (χ4v) is 3.29. The maximum absolute atomic E-state index is 9.24. The van der Waals surface area contributed by atoms with Gasteiger partial charge in [-0.3, -0.25) is 0 Å². The maximum atomic E-state index is 9.24. The second-order valence-electron chi connectivity index (χ2n) is 7.07. The number of hydrogen-bond donors (Lipinski definition) is 2. The maximum Gasteiger partial charge on any atom is 0.155 e. The fourth-order valence-electron chi connectivity index (χ4n) is 3.29. The highest BCUT2D eigenvalue weighted by molar-refractivity contribution is 5.78. The van der Waals surface area contributed by atoms with E-state index >= 15 is 0 Å². The molecule has 0 amide bonds. The molecule has 30 heavy (non-hydrogen) atoms. The van der Waals surface area contributed by atoms with Gasteiger partial charge in [0.15, 0.2) is 6.29 Å². The smallest absolute Gasteiger partial charge is 0.155 e. The third-order valence-electron chi connectivity index (χ3n) is 4.84. The van der Waals surface area contributed by atoms with Gasteiger partial charge in [0.1, 0.15) is 12.4 Å². The molecule has 4 rings (SSSR count). The number of benzene rings is 3. The molecule has 0 radical (unpaired) electrons. The predicted molar refractivity (Wildman–Crippen MR) is 120 cm³/mol. The molecule has 0 atom stereocenters. The number of aliphatic hydroxyl groups excluding tert-OH is 1. The second-order valence-corrected chi connectivity index (χ2v) is 7.07. The standard InChI is InChI=1S/C26H23NO3/c28-26(29)17-22-7-2-1-5-20(22)12-9-19-10-15-24(16-11-19)30-18-23-14-13-21-6-3-4-8-25(21)27-23/h1-16,26,28-29H,17-18H2/b12-9+. The van der Waals surface area contributed by atoms with Crippen LogP contribution in [0.4, 0.5) is 0 Å². The Morgan fingerprint density at radius 2 is 1.57 bits per heavy atom. The highest BCUT2D eigenvalue weighted by Crippen LogP contribution is 2.19. The van der Waals surface area contributed by atoms with Gasteiger partial charge in [-0.05, 0) is 41.0 Å². The summed E-state index contributed by atoms with van der Waals surface area (Å²) < 4.78 is 5.88. The van der Waals surface area contributed by atoms with Crippen molar-refractivity contribution in [2.24, 2.45) is 0 Å². The summed E-state index contributed by atoms with van der Waals surface area (Å²) in [5.41, 5.74) is 4.75. The van der Waals surface area contributed by atoms with E-state index < -0.39 is 6.29 Å². The number of aliphatic hydroxyl groups is 2. The Balaban J connectivity index is 1.40. The molecule has 4 nitrogen and oxygen atoms in total. The van der Waals surface area contributed by atoms with Crippen molar-refractivity contribution in [2.75, 3.05) is 0 Å². The van der Waals surface area contributed by atoms with Crippen LogP contribution in [0, 0.1) is 0 Å². The van der Waals surface area contributed by atoms with Crippen LogP contribution < -0.4 is 4.74 Å². The van der Waals surface area contributed by atoms with Gasteiger partial charge in [0.2, 0.25) is 0 Å². The van der Waals surface area contributed by atoms with Crippen molar-refractivity contribution in [3.8, 4) is 5.75 Å². The van der Waals surface area contributed by atoms with Gasteiger partial charge < -0.3 is 14.9 Å². The van der Waals surface area contributed by atoms with Crippen LogP contribution in [0.2, 0.25) is 0 Å². The zero-order chi connectivity index (χ0) is 20.8. The summed E-state index contributed by atoms with van der Waals surface area (Å²) in [6.07, 6.45) is 2.83. The van der Waals surface area contributed by atoms with Gasteiger partial charge in [-0.15, -0.1) is 0 Å². The van der Waals surface area contributed by atoms with Crippen molar-refractivity contribution >= 4 is 23.1 Å². The minimum absolute atomic E-state index is 0.204. The first kappa shape index (κ1) is 19.8. The van der Waals surface area contributed by atoms with Crippen molar-refractivity contribution in [3.05, 3.63) is 107 Å². The molecule has 150 valence electrons. The SMILES string of the molecule is OC(O)Cc1ccccc1/C=C/c1ccc(OCc2ccc3ccccc3n2)cc1. The molecule has 1 heterocycles. The van der Waals surface area contributed by atoms with Crippen LogP contribution >= 0.6 is 0 Å². The zero-order valence-electron chi connectivity index (χ0n) is 16.5. The Labute approximate surface area is 175 Å². The zero-order valence-corrected chi connectivity index (χ0v) is 16.5. The summed E-state index contributed by atoms with van der Waals surface area (Å²) in [5.74, 6) is 0.783. The summed E-state index contributed by atoms with van der Waals surface area (Å²) in [4.78, 5) is 4.63. The third kappa shape index (κ3) is 5.11. The van der Waals surface area contributed by atoms with E-state index in [4.69, 9.17) is 4.74 Å². The lowest BCUT2D eigenvalue weighted by Gasteiger charge is -2.08. The van der Waals surface area contributed by atoms with E-state index in [1.54, 1.807) is 0 Å². The Kier molecular flexibility index (Phi) is 6.18. The van der Waals surface area contributed by atoms with Gasteiger partial charge in [-0.25, -0.2) is 4.98 Å². The van der Waals surface area contributed by atoms with E-state index in [0.29, 0.717) is 6.61 Å². The first-order chi connectivity index (χ1) is 14.7. The lowest BCUT2D eigenvalue weighted by atomic mass is 10.0. The average Bonchev–Trinajstić information content (AvgIpc) is 2.77. The topological polar surface area (TPSA) is 62.6 Å². The number of nitrogens with zero attached hydrogens (tertiary/aromatic N) is 1. The number of para-hydroxylation sites is 1. The lowest BCUT2D eigenvalue weighted by Crippen LogP contribution is -2.09. The highest BCUT2D eigenvalue weighted by atomic mass is 16.5. The van der Waals surface area contributed by atoms with Crippen LogP contribution in [0.25, 0.3) is 23.1 Å². The van der Waals surface area contributed by atoms with Crippen LogP contribution in [0.3, 0.4) is 0 Å². The van der Waals surface area contributed by atoms with E-state index in [9.17, 15) is 10.2 Å². The van der Waals surface area contributed by atoms with Crippen molar-refractivity contribution in [2.45, 2.75) is 19.3 Å². The molecule has 0 aliphatic carbocycles. The number of rotatable bonds is 7. The number of fused-ring (bicyclic) bond motifs is 1. The average molecular weight is 397 g/mol. The van der Waals surface area contributed by atoms with Gasteiger partial charge in [-0.2, -0.15) is 0 Å². The van der Waals surface area contributed by atoms with E-state index in [0.717, 1.165) is 39.0 Å². The van der Waals surface area contributed by atoms with Gasteiger partial charge in [0.25, 0.3) is 0 Å². The summed E-state index contributed by atoms with van der Waals surface area (Å²) in [6.45, 7) is 0.414. The van der Waals surface area contributed by atoms with E-state index in [-0.39, 0.29) is 6.42 Å². The molecule has 4 aromatic rings. The molecule has 1 aromatic heterocycles. The quantitative estimate of drug-likeness (QED) is 0.346. The van der Waals surface area contributed by atoms with Gasteiger partial charge in [0, 0.05) is 11.8 Å². The Bertz CT molecular complexity index is 1150. The van der Waals surface area contributed by atoms with Crippen molar-refractivity contribution in [1.29, 1.82) is 0 Å². The van der Waals surface area contributed by atoms with E-state index in [1.165, 1.54) is 0 Å². The van der Waals surface area contributed by atoms with E-state index in [2.05, 4.69) is 11.1 Å². The molecule has 0 saturated carbocycles. The molecule has 0 aliphatic heterocycles. The van der Waals surface area contributed by atoms with Gasteiger partial charge >= 0.3 is 0 Å². The normalized spacial score (nSPS) is 11.4. The summed E-state index contributed by atoms with van der Waals surface area (Å²) in [6, 6.07) is 27.6. The van der Waals surface area contributed by atoms with Crippen molar-refractivity contribution < 1.29 is 14.9 Å². The molecule has 0 saturated heterocycles. The molecule has 2 N–H and O–H groups in total. The summed E-state index contributed by atoms with van der Waals surface area (Å²) in [7, 11) is 0. The minimum atomic E-state index is -1.35. The summed E-state index contributed by atoms with van der Waals surface area (Å²) in [5, 5.41) is 19.6. The molecule has 3 aromatic carbocycles. The number of pyridine rings is 1. The molecule has 0 unspecified atom stereocenters. The van der Waals surface area contributed by atoms with Gasteiger partial charge in [-0.1, -0.05) is 72.8 Å². The summed E-state index contributed by atoms with van der Waals surface area (Å²) >= 11 is 0. The fraction of sp³-hybridized carbons (Fsp3) is 0.115. The minimum Gasteiger partial charge on any atom is -0.487 e. The number of aromatic nitrogens is 1. The van der Waals surface area contributed by atoms with Crippen LogP contribution in [0.1, 0.15) is 22.4 Å². The first-order valence-corrected chi connectivity index (χ1v) is 9.87. The van der Waals surface area contributed by atoms with Crippen LogP contribution in [-0.2, 0) is 13.0 Å². The highest BCUT2D eigenvalue weighted by Gasteiger charge is 2.04. The largest absolute Gasteiger partial charge is 0.487 e. The van der Waals surface area contributed by atoms with Crippen LogP contribution in [0.15, 0.2) is 84.9 Å².